The van der Waals surface area contributed by atoms with Crippen LogP contribution in [0.5, 0.6) is 0 Å². The summed E-state index contributed by atoms with van der Waals surface area (Å²) in [7, 11) is -3.68. The van der Waals surface area contributed by atoms with Crippen molar-refractivity contribution in [2.45, 2.75) is 30.7 Å². The van der Waals surface area contributed by atoms with Gasteiger partial charge >= 0.3 is 0 Å². The summed E-state index contributed by atoms with van der Waals surface area (Å²) in [6.07, 6.45) is 3.79. The molecule has 6 nitrogen and oxygen atoms in total. The maximum atomic E-state index is 12.8. The molecule has 8 heteroatoms. The SMILES string of the molecule is C=CCNS(=O)(=O)c1cccc(C(=O)NCC(c2cccs2)N2CCC(C)CC2)c1. The molecule has 2 aromatic rings. The van der Waals surface area contributed by atoms with Gasteiger partial charge in [-0.3, -0.25) is 9.69 Å². The predicted octanol–water partition coefficient (Wildman–Crippen LogP) is 3.42. The third-order valence-electron chi connectivity index (χ3n) is 5.41. The highest BCUT2D eigenvalue weighted by Gasteiger charge is 2.26. The lowest BCUT2D eigenvalue weighted by molar-refractivity contribution is 0.0914. The number of nitrogens with one attached hydrogen (secondary N) is 2. The first kappa shape index (κ1) is 22.7. The third kappa shape index (κ3) is 5.78. The van der Waals surface area contributed by atoms with Gasteiger partial charge in [-0.15, -0.1) is 17.9 Å². The average Bonchev–Trinajstić information content (AvgIpc) is 3.28. The Labute approximate surface area is 183 Å². The minimum Gasteiger partial charge on any atom is -0.350 e. The first-order valence-corrected chi connectivity index (χ1v) is 12.5. The van der Waals surface area contributed by atoms with Gasteiger partial charge in [-0.05, 0) is 61.5 Å². The number of hydrogen-bond acceptors (Lipinski definition) is 5. The van der Waals surface area contributed by atoms with E-state index in [0.717, 1.165) is 31.8 Å². The van der Waals surface area contributed by atoms with E-state index in [4.69, 9.17) is 0 Å². The Hall–Kier alpha value is -2.00. The monoisotopic (exact) mass is 447 g/mol. The zero-order chi connectivity index (χ0) is 21.6. The van der Waals surface area contributed by atoms with Crippen LogP contribution in [0.1, 0.15) is 41.0 Å². The average molecular weight is 448 g/mol. The highest BCUT2D eigenvalue weighted by molar-refractivity contribution is 7.89. The molecule has 1 aromatic heterocycles. The van der Waals surface area contributed by atoms with Crippen LogP contribution in [-0.4, -0.2) is 45.4 Å². The van der Waals surface area contributed by atoms with Crippen molar-refractivity contribution < 1.29 is 13.2 Å². The lowest BCUT2D eigenvalue weighted by Crippen LogP contribution is -2.41. The number of hydrogen-bond donors (Lipinski definition) is 2. The van der Waals surface area contributed by atoms with Crippen molar-refractivity contribution in [3.8, 4) is 0 Å². The summed E-state index contributed by atoms with van der Waals surface area (Å²) in [6, 6.07) is 10.4. The molecule has 0 spiro atoms. The van der Waals surface area contributed by atoms with E-state index in [0.29, 0.717) is 12.1 Å². The molecule has 1 aliphatic rings. The van der Waals surface area contributed by atoms with Crippen molar-refractivity contribution in [1.29, 1.82) is 0 Å². The predicted molar refractivity (Wildman–Crippen MR) is 121 cm³/mol. The highest BCUT2D eigenvalue weighted by Crippen LogP contribution is 2.29. The van der Waals surface area contributed by atoms with Crippen molar-refractivity contribution in [1.82, 2.24) is 14.9 Å². The van der Waals surface area contributed by atoms with E-state index in [9.17, 15) is 13.2 Å². The standard InChI is InChI=1S/C22H29N3O3S2/c1-3-11-24-30(27,28)19-7-4-6-18(15-19)22(26)23-16-20(21-8-5-14-29-21)25-12-9-17(2)10-13-25/h3-8,14-15,17,20,24H,1,9-13,16H2,2H3,(H,23,26). The van der Waals surface area contributed by atoms with Gasteiger partial charge < -0.3 is 5.32 Å². The summed E-state index contributed by atoms with van der Waals surface area (Å²) in [5.74, 6) is 0.460. The molecule has 1 atom stereocenters. The number of nitrogens with zero attached hydrogens (tertiary/aromatic N) is 1. The molecule has 0 bridgehead atoms. The number of piperidine rings is 1. The van der Waals surface area contributed by atoms with E-state index in [1.165, 1.54) is 23.1 Å². The van der Waals surface area contributed by atoms with Crippen molar-refractivity contribution in [3.63, 3.8) is 0 Å². The van der Waals surface area contributed by atoms with E-state index in [2.05, 4.69) is 39.9 Å². The molecule has 2 heterocycles. The quantitative estimate of drug-likeness (QED) is 0.578. The number of thiophene rings is 1. The summed E-state index contributed by atoms with van der Waals surface area (Å²) in [5.41, 5.74) is 0.327. The number of likely N-dealkylation sites (tertiary alicyclic amines) is 1. The minimum atomic E-state index is -3.68. The molecule has 3 rings (SSSR count). The number of amides is 1. The van der Waals surface area contributed by atoms with Crippen LogP contribution in [0.4, 0.5) is 0 Å². The van der Waals surface area contributed by atoms with Crippen molar-refractivity contribution >= 4 is 27.3 Å². The first-order valence-electron chi connectivity index (χ1n) is 10.2. The molecule has 30 heavy (non-hydrogen) atoms. The fraction of sp³-hybridized carbons (Fsp3) is 0.409. The maximum Gasteiger partial charge on any atom is 0.251 e. The zero-order valence-electron chi connectivity index (χ0n) is 17.2. The molecule has 0 aliphatic carbocycles. The molecule has 0 radical (unpaired) electrons. The van der Waals surface area contributed by atoms with Gasteiger partial charge in [0.2, 0.25) is 10.0 Å². The van der Waals surface area contributed by atoms with Gasteiger partial charge in [-0.2, -0.15) is 0 Å². The van der Waals surface area contributed by atoms with E-state index < -0.39 is 10.0 Å². The Balaban J connectivity index is 1.70. The maximum absolute atomic E-state index is 12.8. The fourth-order valence-electron chi connectivity index (χ4n) is 3.58. The number of carbonyl (C=O) groups excluding carboxylic acids is 1. The Morgan fingerprint density at radius 2 is 2.07 bits per heavy atom. The van der Waals surface area contributed by atoms with E-state index in [-0.39, 0.29) is 23.4 Å². The summed E-state index contributed by atoms with van der Waals surface area (Å²) in [4.78, 5) is 16.5. The van der Waals surface area contributed by atoms with Crippen LogP contribution in [0, 0.1) is 5.92 Å². The van der Waals surface area contributed by atoms with E-state index >= 15 is 0 Å². The molecular weight excluding hydrogens is 418 g/mol. The summed E-state index contributed by atoms with van der Waals surface area (Å²) in [6.45, 7) is 8.45. The molecular formula is C22H29N3O3S2. The first-order chi connectivity index (χ1) is 14.4. The molecule has 1 amide bonds. The van der Waals surface area contributed by atoms with E-state index in [1.54, 1.807) is 23.5 Å². The summed E-state index contributed by atoms with van der Waals surface area (Å²) >= 11 is 1.70. The molecule has 0 saturated carbocycles. The number of rotatable bonds is 9. The van der Waals surface area contributed by atoms with Gasteiger partial charge in [0, 0.05) is 23.5 Å². The second kappa shape index (κ2) is 10.3. The topological polar surface area (TPSA) is 78.5 Å². The van der Waals surface area contributed by atoms with Crippen LogP contribution in [0.2, 0.25) is 0 Å². The lowest BCUT2D eigenvalue weighted by Gasteiger charge is -2.36. The van der Waals surface area contributed by atoms with Crippen LogP contribution in [-0.2, 0) is 10.0 Å². The lowest BCUT2D eigenvalue weighted by atomic mass is 9.97. The molecule has 1 saturated heterocycles. The molecule has 1 fully saturated rings. The van der Waals surface area contributed by atoms with Crippen molar-refractivity contribution in [3.05, 3.63) is 64.9 Å². The van der Waals surface area contributed by atoms with Gasteiger partial charge in [0.05, 0.1) is 10.9 Å². The van der Waals surface area contributed by atoms with Crippen LogP contribution >= 0.6 is 11.3 Å². The van der Waals surface area contributed by atoms with Crippen molar-refractivity contribution in [2.24, 2.45) is 5.92 Å². The van der Waals surface area contributed by atoms with Gasteiger partial charge in [0.25, 0.3) is 5.91 Å². The molecule has 1 aromatic carbocycles. The highest BCUT2D eigenvalue weighted by atomic mass is 32.2. The summed E-state index contributed by atoms with van der Waals surface area (Å²) in [5, 5.41) is 5.07. The number of benzene rings is 1. The van der Waals surface area contributed by atoms with Crippen LogP contribution < -0.4 is 10.0 Å². The van der Waals surface area contributed by atoms with Crippen molar-refractivity contribution in [2.75, 3.05) is 26.2 Å². The van der Waals surface area contributed by atoms with Gasteiger partial charge in [0.15, 0.2) is 0 Å². The normalized spacial score (nSPS) is 16.8. The van der Waals surface area contributed by atoms with Gasteiger partial charge in [-0.25, -0.2) is 13.1 Å². The molecule has 162 valence electrons. The van der Waals surface area contributed by atoms with Crippen LogP contribution in [0.25, 0.3) is 0 Å². The number of carbonyl (C=O) groups is 1. The second-order valence-corrected chi connectivity index (χ2v) is 10.4. The Kier molecular flexibility index (Phi) is 7.82. The molecule has 1 aliphatic heterocycles. The summed E-state index contributed by atoms with van der Waals surface area (Å²) < 4.78 is 27.1. The van der Waals surface area contributed by atoms with Gasteiger partial charge in [0.1, 0.15) is 0 Å². The second-order valence-electron chi connectivity index (χ2n) is 7.63. The fourth-order valence-corrected chi connectivity index (χ4v) is 5.48. The Bertz CT molecular complexity index is 950. The Morgan fingerprint density at radius 1 is 1.30 bits per heavy atom. The largest absolute Gasteiger partial charge is 0.350 e. The molecule has 2 N–H and O–H groups in total. The van der Waals surface area contributed by atoms with Crippen LogP contribution in [0.15, 0.2) is 59.3 Å². The van der Waals surface area contributed by atoms with Crippen LogP contribution in [0.3, 0.4) is 0 Å². The third-order valence-corrected chi connectivity index (χ3v) is 7.81. The number of sulfonamides is 1. The smallest absolute Gasteiger partial charge is 0.251 e. The van der Waals surface area contributed by atoms with Gasteiger partial charge in [-0.1, -0.05) is 25.1 Å². The minimum absolute atomic E-state index is 0.0665. The zero-order valence-corrected chi connectivity index (χ0v) is 18.8. The van der Waals surface area contributed by atoms with E-state index in [1.807, 2.05) is 6.07 Å². The molecule has 1 unspecified atom stereocenters. The Morgan fingerprint density at radius 3 is 2.73 bits per heavy atom.